The van der Waals surface area contributed by atoms with Gasteiger partial charge < -0.3 is 19.9 Å². The smallest absolute Gasteiger partial charge is 0.242 e. The van der Waals surface area contributed by atoms with E-state index in [9.17, 15) is 13.8 Å². The first kappa shape index (κ1) is 27.6. The summed E-state index contributed by atoms with van der Waals surface area (Å²) in [5, 5.41) is 2.71. The van der Waals surface area contributed by atoms with Gasteiger partial charge in [0.1, 0.15) is 16.7 Å². The van der Waals surface area contributed by atoms with E-state index in [2.05, 4.69) is 22.2 Å². The molecule has 1 N–H and O–H groups in total. The van der Waals surface area contributed by atoms with Crippen molar-refractivity contribution in [1.29, 1.82) is 0 Å². The van der Waals surface area contributed by atoms with Gasteiger partial charge in [0.25, 0.3) is 0 Å². The third kappa shape index (κ3) is 7.03. The van der Waals surface area contributed by atoms with Crippen LogP contribution in [0.25, 0.3) is 0 Å². The molecule has 9 nitrogen and oxygen atoms in total. The summed E-state index contributed by atoms with van der Waals surface area (Å²) in [5.41, 5.74) is 1.69. The second-order valence-corrected chi connectivity index (χ2v) is 11.4. The number of ether oxygens (including phenoxy) is 1. The minimum Gasteiger partial charge on any atom is -0.497 e. The van der Waals surface area contributed by atoms with Gasteiger partial charge in [0.2, 0.25) is 11.8 Å². The van der Waals surface area contributed by atoms with Gasteiger partial charge in [-0.3, -0.25) is 14.5 Å². The third-order valence-corrected chi connectivity index (χ3v) is 8.96. The highest BCUT2D eigenvalue weighted by Gasteiger charge is 2.33. The molecule has 35 heavy (non-hydrogen) atoms. The normalized spacial score (nSPS) is 20.7. The number of aryl methyl sites for hydroxylation is 2. The molecule has 2 aliphatic rings. The number of methoxy groups -OCH3 is 1. The summed E-state index contributed by atoms with van der Waals surface area (Å²) in [6.45, 7) is 7.80. The second kappa shape index (κ2) is 12.3. The molecule has 2 amide bonds. The number of nitrogens with one attached hydrogen (secondary N) is 1. The van der Waals surface area contributed by atoms with E-state index in [1.54, 1.807) is 19.1 Å². The number of hydrogen-bond donors (Lipinski definition) is 1. The summed E-state index contributed by atoms with van der Waals surface area (Å²) in [5.74, 6) is 0.283. The molecule has 1 aromatic rings. The van der Waals surface area contributed by atoms with E-state index >= 15 is 0 Å². The molecule has 1 aromatic carbocycles. The molecule has 0 bridgehead atoms. The molecule has 0 aromatic heterocycles. The van der Waals surface area contributed by atoms with Crippen molar-refractivity contribution in [2.75, 3.05) is 67.5 Å². The van der Waals surface area contributed by atoms with E-state index < -0.39 is 11.0 Å². The molecule has 196 valence electrons. The molecule has 0 aliphatic carbocycles. The van der Waals surface area contributed by atoms with E-state index in [1.165, 1.54) is 17.1 Å². The predicted molar refractivity (Wildman–Crippen MR) is 138 cm³/mol. The molecule has 2 aliphatic heterocycles. The summed E-state index contributed by atoms with van der Waals surface area (Å²) in [4.78, 5) is 32.6. The summed E-state index contributed by atoms with van der Waals surface area (Å²) < 4.78 is 19.8. The van der Waals surface area contributed by atoms with Crippen LogP contribution in [0.1, 0.15) is 30.4 Å². The van der Waals surface area contributed by atoms with Crippen LogP contribution in [-0.4, -0.2) is 115 Å². The van der Waals surface area contributed by atoms with Crippen LogP contribution in [0.15, 0.2) is 17.0 Å². The van der Waals surface area contributed by atoms with Crippen LogP contribution < -0.4 is 10.1 Å². The quantitative estimate of drug-likeness (QED) is 0.537. The van der Waals surface area contributed by atoms with Gasteiger partial charge in [-0.2, -0.15) is 0 Å². The average Bonchev–Trinajstić information content (AvgIpc) is 3.32. The van der Waals surface area contributed by atoms with E-state index in [0.29, 0.717) is 16.7 Å². The van der Waals surface area contributed by atoms with Gasteiger partial charge in [-0.15, -0.1) is 0 Å². The van der Waals surface area contributed by atoms with Gasteiger partial charge in [0, 0.05) is 39.3 Å². The summed E-state index contributed by atoms with van der Waals surface area (Å²) in [6.07, 6.45) is 3.33. The van der Waals surface area contributed by atoms with Gasteiger partial charge in [-0.25, -0.2) is 8.51 Å². The van der Waals surface area contributed by atoms with Crippen LogP contribution in [0.4, 0.5) is 0 Å². The number of likely N-dealkylation sites (N-methyl/N-ethyl adjacent to an activating group) is 2. The molecule has 0 saturated carbocycles. The summed E-state index contributed by atoms with van der Waals surface area (Å²) in [6, 6.07) is 4.45. The van der Waals surface area contributed by atoms with Gasteiger partial charge in [0.15, 0.2) is 0 Å². The number of rotatable bonds is 9. The summed E-state index contributed by atoms with van der Waals surface area (Å²) >= 11 is 0. The van der Waals surface area contributed by atoms with Crippen LogP contribution >= 0.6 is 0 Å². The number of carbonyl (C=O) groups excluding carboxylic acids is 2. The van der Waals surface area contributed by atoms with Gasteiger partial charge >= 0.3 is 0 Å². The van der Waals surface area contributed by atoms with Gasteiger partial charge in [0.05, 0.1) is 25.1 Å². The molecule has 0 radical (unpaired) electrons. The fraction of sp³-hybridized carbons (Fsp3) is 0.680. The monoisotopic (exact) mass is 507 g/mol. The minimum atomic E-state index is -1.50. The lowest BCUT2D eigenvalue weighted by Crippen LogP contribution is -2.47. The number of benzene rings is 1. The summed E-state index contributed by atoms with van der Waals surface area (Å²) in [7, 11) is 5.73. The van der Waals surface area contributed by atoms with Crippen molar-refractivity contribution < 1.29 is 18.5 Å². The fourth-order valence-corrected chi connectivity index (χ4v) is 6.27. The Bertz CT molecular complexity index is 911. The molecule has 3 rings (SSSR count). The van der Waals surface area contributed by atoms with E-state index in [-0.39, 0.29) is 30.9 Å². The van der Waals surface area contributed by atoms with Crippen LogP contribution in [0.5, 0.6) is 5.75 Å². The molecule has 0 spiro atoms. The van der Waals surface area contributed by atoms with Gasteiger partial charge in [-0.1, -0.05) is 0 Å². The Morgan fingerprint density at radius 3 is 2.34 bits per heavy atom. The van der Waals surface area contributed by atoms with Crippen molar-refractivity contribution in [1.82, 2.24) is 24.3 Å². The lowest BCUT2D eigenvalue weighted by molar-refractivity contribution is -0.133. The Kier molecular flexibility index (Phi) is 9.69. The number of piperidine rings is 1. The Hall–Kier alpha value is -2.01. The lowest BCUT2D eigenvalue weighted by Gasteiger charge is -2.35. The topological polar surface area (TPSA) is 85.4 Å². The second-order valence-electron chi connectivity index (χ2n) is 9.88. The molecule has 2 saturated heterocycles. The van der Waals surface area contributed by atoms with E-state index in [1.807, 2.05) is 33.0 Å². The SMILES string of the molecule is COc1cc(C)c(S(=O)N(C)CC(=O)NCC(=O)N(C)[C@@H]2CCN(C3CCN(C)CC3)C2)c(C)c1. The van der Waals surface area contributed by atoms with Crippen LogP contribution in [0.2, 0.25) is 0 Å². The maximum Gasteiger partial charge on any atom is 0.242 e. The number of nitrogens with zero attached hydrogens (tertiary/aromatic N) is 4. The number of hydrogen-bond acceptors (Lipinski definition) is 6. The number of likely N-dealkylation sites (tertiary alicyclic amines) is 2. The highest BCUT2D eigenvalue weighted by atomic mass is 32.2. The van der Waals surface area contributed by atoms with Gasteiger partial charge in [-0.05, 0) is 76.5 Å². The van der Waals surface area contributed by atoms with Crippen molar-refractivity contribution in [3.05, 3.63) is 23.3 Å². The van der Waals surface area contributed by atoms with Crippen molar-refractivity contribution in [3.8, 4) is 5.75 Å². The highest BCUT2D eigenvalue weighted by Crippen LogP contribution is 2.26. The zero-order chi connectivity index (χ0) is 25.7. The van der Waals surface area contributed by atoms with Crippen molar-refractivity contribution in [2.45, 2.75) is 50.1 Å². The van der Waals surface area contributed by atoms with Crippen molar-refractivity contribution in [2.24, 2.45) is 0 Å². The first-order chi connectivity index (χ1) is 16.6. The van der Waals surface area contributed by atoms with Crippen LogP contribution in [0, 0.1) is 13.8 Å². The third-order valence-electron chi connectivity index (χ3n) is 7.27. The molecule has 2 heterocycles. The Balaban J connectivity index is 1.45. The molecule has 1 unspecified atom stereocenters. The maximum atomic E-state index is 13.1. The fourth-order valence-electron chi connectivity index (χ4n) is 5.05. The molecular formula is C25H41N5O4S. The minimum absolute atomic E-state index is 0.0544. The largest absolute Gasteiger partial charge is 0.497 e. The molecular weight excluding hydrogens is 466 g/mol. The predicted octanol–water partition coefficient (Wildman–Crippen LogP) is 1.01. The first-order valence-electron chi connectivity index (χ1n) is 12.3. The highest BCUT2D eigenvalue weighted by molar-refractivity contribution is 7.82. The van der Waals surface area contributed by atoms with E-state index in [4.69, 9.17) is 4.74 Å². The first-order valence-corrected chi connectivity index (χ1v) is 13.4. The zero-order valence-corrected chi connectivity index (χ0v) is 22.8. The van der Waals surface area contributed by atoms with Crippen LogP contribution in [0.3, 0.4) is 0 Å². The number of carbonyl (C=O) groups is 2. The van der Waals surface area contributed by atoms with Crippen LogP contribution in [-0.2, 0) is 20.6 Å². The Morgan fingerprint density at radius 1 is 1.11 bits per heavy atom. The molecule has 10 heteroatoms. The Labute approximate surface area is 212 Å². The maximum absolute atomic E-state index is 13.1. The van der Waals surface area contributed by atoms with Crippen molar-refractivity contribution >= 4 is 22.8 Å². The van der Waals surface area contributed by atoms with Crippen molar-refractivity contribution in [3.63, 3.8) is 0 Å². The molecule has 2 atom stereocenters. The lowest BCUT2D eigenvalue weighted by atomic mass is 10.0. The zero-order valence-electron chi connectivity index (χ0n) is 22.0. The number of amides is 2. The molecule has 2 fully saturated rings. The Morgan fingerprint density at radius 2 is 1.74 bits per heavy atom. The van der Waals surface area contributed by atoms with E-state index in [0.717, 1.165) is 43.7 Å². The standard InChI is InChI=1S/C25H41N5O4S/c1-18-13-22(34-6)14-19(2)25(18)35(33)28(4)17-23(31)26-15-24(32)29(5)21-9-12-30(16-21)20-7-10-27(3)11-8-20/h13-14,20-21H,7-12,15-17H2,1-6H3,(H,26,31)/t21-,35?/m1/s1. The average molecular weight is 508 g/mol.